The molecule has 15 rings (SSSR count). The van der Waals surface area contributed by atoms with Crippen LogP contribution in [-0.4, -0.2) is 4.57 Å². The zero-order chi connectivity index (χ0) is 47.7. The Morgan fingerprint density at radius 2 is 0.736 bits per heavy atom. The number of para-hydroxylation sites is 1. The number of aromatic nitrogens is 1. The van der Waals surface area contributed by atoms with E-state index in [0.29, 0.717) is 0 Å². The molecule has 338 valence electrons. The molecule has 11 aromatic carbocycles. The van der Waals surface area contributed by atoms with Crippen LogP contribution in [-0.2, 0) is 10.8 Å². The number of rotatable bonds is 6. The van der Waals surface area contributed by atoms with Crippen molar-refractivity contribution in [2.75, 3.05) is 4.90 Å². The second-order valence-corrected chi connectivity index (χ2v) is 20.4. The molecule has 2 heteroatoms. The predicted molar refractivity (Wildman–Crippen MR) is 300 cm³/mol. The molecule has 0 unspecified atom stereocenters. The van der Waals surface area contributed by atoms with Crippen LogP contribution in [0.15, 0.2) is 255 Å². The van der Waals surface area contributed by atoms with E-state index in [1.54, 1.807) is 0 Å². The van der Waals surface area contributed by atoms with Gasteiger partial charge >= 0.3 is 0 Å². The van der Waals surface area contributed by atoms with E-state index in [1.807, 2.05) is 0 Å². The summed E-state index contributed by atoms with van der Waals surface area (Å²) in [5.41, 5.74) is 27.3. The minimum Gasteiger partial charge on any atom is -0.310 e. The quantitative estimate of drug-likeness (QED) is 0.161. The van der Waals surface area contributed by atoms with Gasteiger partial charge in [-0.25, -0.2) is 0 Å². The van der Waals surface area contributed by atoms with Gasteiger partial charge in [0.1, 0.15) is 0 Å². The van der Waals surface area contributed by atoms with Crippen molar-refractivity contribution in [3.63, 3.8) is 0 Å². The maximum absolute atomic E-state index is 2.49. The molecule has 1 aromatic heterocycles. The Hall–Kier alpha value is -8.98. The highest BCUT2D eigenvalue weighted by molar-refractivity contribution is 6.11. The first kappa shape index (κ1) is 40.9. The number of hydrogen-bond donors (Lipinski definition) is 0. The molecule has 0 amide bonds. The molecule has 2 nitrogen and oxygen atoms in total. The Morgan fingerprint density at radius 3 is 1.38 bits per heavy atom. The van der Waals surface area contributed by atoms with Gasteiger partial charge in [-0.3, -0.25) is 0 Å². The second kappa shape index (κ2) is 15.3. The fourth-order valence-corrected chi connectivity index (χ4v) is 13.2. The summed E-state index contributed by atoms with van der Waals surface area (Å²) in [6.45, 7) is 4.72. The Morgan fingerprint density at radius 1 is 0.292 bits per heavy atom. The first-order chi connectivity index (χ1) is 35.5. The lowest BCUT2D eigenvalue weighted by Gasteiger charge is -2.30. The molecule has 0 atom stereocenters. The molecule has 0 bridgehead atoms. The SMILES string of the molecule is CC1(C)c2ccccc2-c2ccc(N(c3ccc(-c4ccccc4)cc3)c3ccc(-c4ccc5c(c4)c4ccccc4n5-c4ccc5c(c4)C4(c6ccccc6-c6ccccc64)c4ccccc4-5)cc3)cc21. The van der Waals surface area contributed by atoms with Crippen LogP contribution in [0.2, 0.25) is 0 Å². The van der Waals surface area contributed by atoms with Crippen molar-refractivity contribution in [3.8, 4) is 61.3 Å². The fraction of sp³-hybridized carbons (Fsp3) is 0.0571. The molecule has 3 aliphatic rings. The van der Waals surface area contributed by atoms with Crippen LogP contribution in [0.1, 0.15) is 47.2 Å². The monoisotopic (exact) mass is 916 g/mol. The number of benzene rings is 11. The lowest BCUT2D eigenvalue weighted by atomic mass is 9.70. The number of anilines is 3. The molecule has 0 saturated heterocycles. The summed E-state index contributed by atoms with van der Waals surface area (Å²) in [5, 5.41) is 2.48. The highest BCUT2D eigenvalue weighted by Crippen LogP contribution is 2.63. The van der Waals surface area contributed by atoms with E-state index in [1.165, 1.54) is 117 Å². The topological polar surface area (TPSA) is 8.17 Å². The summed E-state index contributed by atoms with van der Waals surface area (Å²) in [4.78, 5) is 2.41. The van der Waals surface area contributed by atoms with E-state index >= 15 is 0 Å². The minimum atomic E-state index is -0.405. The van der Waals surface area contributed by atoms with Crippen molar-refractivity contribution in [1.29, 1.82) is 0 Å². The summed E-state index contributed by atoms with van der Waals surface area (Å²) in [7, 11) is 0. The summed E-state index contributed by atoms with van der Waals surface area (Å²) < 4.78 is 2.48. The summed E-state index contributed by atoms with van der Waals surface area (Å²) in [5.74, 6) is 0. The zero-order valence-corrected chi connectivity index (χ0v) is 40.1. The van der Waals surface area contributed by atoms with Gasteiger partial charge in [0, 0.05) is 38.9 Å². The lowest BCUT2D eigenvalue weighted by Crippen LogP contribution is -2.26. The third kappa shape index (κ3) is 5.66. The molecular weight excluding hydrogens is 869 g/mol. The number of hydrogen-bond acceptors (Lipinski definition) is 1. The first-order valence-corrected chi connectivity index (χ1v) is 25.2. The highest BCUT2D eigenvalue weighted by atomic mass is 15.1. The van der Waals surface area contributed by atoms with E-state index in [4.69, 9.17) is 0 Å². The molecular formula is C70H48N2. The van der Waals surface area contributed by atoms with E-state index in [-0.39, 0.29) is 5.41 Å². The van der Waals surface area contributed by atoms with E-state index in [2.05, 4.69) is 278 Å². The second-order valence-electron chi connectivity index (χ2n) is 20.4. The van der Waals surface area contributed by atoms with Crippen LogP contribution in [0.3, 0.4) is 0 Å². The van der Waals surface area contributed by atoms with Crippen molar-refractivity contribution in [2.24, 2.45) is 0 Å². The molecule has 12 aromatic rings. The van der Waals surface area contributed by atoms with Crippen molar-refractivity contribution in [2.45, 2.75) is 24.7 Å². The first-order valence-electron chi connectivity index (χ1n) is 25.2. The third-order valence-electron chi connectivity index (χ3n) is 16.4. The predicted octanol–water partition coefficient (Wildman–Crippen LogP) is 18.2. The van der Waals surface area contributed by atoms with Crippen LogP contribution >= 0.6 is 0 Å². The molecule has 1 spiro atoms. The fourth-order valence-electron chi connectivity index (χ4n) is 13.2. The molecule has 0 N–H and O–H groups in total. The normalized spacial score (nSPS) is 13.9. The van der Waals surface area contributed by atoms with Crippen molar-refractivity contribution in [1.82, 2.24) is 4.57 Å². The van der Waals surface area contributed by atoms with Crippen LogP contribution < -0.4 is 4.90 Å². The van der Waals surface area contributed by atoms with Gasteiger partial charge in [-0.2, -0.15) is 0 Å². The van der Waals surface area contributed by atoms with Gasteiger partial charge < -0.3 is 9.47 Å². The Bertz CT molecular complexity index is 4110. The molecule has 72 heavy (non-hydrogen) atoms. The molecule has 0 radical (unpaired) electrons. The van der Waals surface area contributed by atoms with Crippen molar-refractivity contribution < 1.29 is 0 Å². The Labute approximate surface area is 420 Å². The van der Waals surface area contributed by atoms with Gasteiger partial charge in [-0.05, 0) is 156 Å². The van der Waals surface area contributed by atoms with Gasteiger partial charge in [-0.15, -0.1) is 0 Å². The minimum absolute atomic E-state index is 0.112. The van der Waals surface area contributed by atoms with Crippen LogP contribution in [0.4, 0.5) is 17.1 Å². The maximum atomic E-state index is 2.49. The van der Waals surface area contributed by atoms with Gasteiger partial charge in [0.2, 0.25) is 0 Å². The molecule has 0 fully saturated rings. The van der Waals surface area contributed by atoms with E-state index < -0.39 is 5.41 Å². The standard InChI is InChI=1S/C70H48N2/c1-69(2)61-23-11-6-18-53(61)57-39-37-51(43-65(57)69)71(49-33-28-46(29-34-49)45-16-4-3-5-17-45)50-35-30-47(31-36-50)48-32-41-68-60(42-48)59-22-10-15-27-67(59)72(68)52-38-40-58-56-21-9-14-26-64(56)70(66(58)44-52)62-24-12-7-19-54(62)55-20-8-13-25-63(55)70/h3-44H,1-2H3. The Balaban J connectivity index is 0.839. The van der Waals surface area contributed by atoms with Crippen LogP contribution in [0.5, 0.6) is 0 Å². The summed E-state index contributed by atoms with van der Waals surface area (Å²) in [6.07, 6.45) is 0. The average molecular weight is 917 g/mol. The van der Waals surface area contributed by atoms with Crippen molar-refractivity contribution >= 4 is 38.9 Å². The molecule has 3 aliphatic carbocycles. The van der Waals surface area contributed by atoms with E-state index in [9.17, 15) is 0 Å². The van der Waals surface area contributed by atoms with Gasteiger partial charge in [0.05, 0.1) is 16.4 Å². The Kier molecular flexibility index (Phi) is 8.66. The van der Waals surface area contributed by atoms with Gasteiger partial charge in [0.25, 0.3) is 0 Å². The van der Waals surface area contributed by atoms with Gasteiger partial charge in [-0.1, -0.05) is 202 Å². The summed E-state index contributed by atoms with van der Waals surface area (Å²) >= 11 is 0. The summed E-state index contributed by atoms with van der Waals surface area (Å²) in [6, 6.07) is 95.1. The highest BCUT2D eigenvalue weighted by Gasteiger charge is 2.51. The lowest BCUT2D eigenvalue weighted by molar-refractivity contribution is 0.660. The largest absolute Gasteiger partial charge is 0.310 e. The number of fused-ring (bicyclic) bond motifs is 16. The van der Waals surface area contributed by atoms with Crippen LogP contribution in [0.25, 0.3) is 83.1 Å². The van der Waals surface area contributed by atoms with Crippen LogP contribution in [0, 0.1) is 0 Å². The average Bonchev–Trinajstić information content (AvgIpc) is 4.11. The zero-order valence-electron chi connectivity index (χ0n) is 40.1. The smallest absolute Gasteiger partial charge is 0.0726 e. The molecule has 0 saturated carbocycles. The maximum Gasteiger partial charge on any atom is 0.0726 e. The molecule has 1 heterocycles. The molecule has 0 aliphatic heterocycles. The van der Waals surface area contributed by atoms with Crippen molar-refractivity contribution in [3.05, 3.63) is 288 Å². The van der Waals surface area contributed by atoms with Gasteiger partial charge in [0.15, 0.2) is 0 Å². The third-order valence-corrected chi connectivity index (χ3v) is 16.4. The van der Waals surface area contributed by atoms with E-state index in [0.717, 1.165) is 17.1 Å². The number of nitrogens with zero attached hydrogens (tertiary/aromatic N) is 2.